The Morgan fingerprint density at radius 2 is 1.95 bits per heavy atom. The topological polar surface area (TPSA) is 21.3 Å². The third-order valence-electron chi connectivity index (χ3n) is 3.24. The zero-order valence-electron chi connectivity index (χ0n) is 12.1. The fourth-order valence-corrected chi connectivity index (χ4v) is 2.38. The molecule has 0 bridgehead atoms. The van der Waals surface area contributed by atoms with Crippen LogP contribution >= 0.6 is 15.9 Å². The van der Waals surface area contributed by atoms with Crippen LogP contribution in [0.1, 0.15) is 31.7 Å². The molecule has 19 heavy (non-hydrogen) atoms. The van der Waals surface area contributed by atoms with Crippen LogP contribution in [0.15, 0.2) is 28.7 Å². The lowest BCUT2D eigenvalue weighted by Gasteiger charge is -2.16. The van der Waals surface area contributed by atoms with E-state index >= 15 is 0 Å². The van der Waals surface area contributed by atoms with Crippen molar-refractivity contribution in [2.24, 2.45) is 5.92 Å². The molecule has 1 unspecified atom stereocenters. The smallest absolute Gasteiger partial charge is 0.0469 e. The molecule has 1 atom stereocenters. The average Bonchev–Trinajstić information content (AvgIpc) is 2.41. The van der Waals surface area contributed by atoms with E-state index in [1.807, 2.05) is 7.05 Å². The minimum atomic E-state index is 0.646. The highest BCUT2D eigenvalue weighted by molar-refractivity contribution is 9.10. The van der Waals surface area contributed by atoms with E-state index in [1.165, 1.54) is 18.4 Å². The van der Waals surface area contributed by atoms with Gasteiger partial charge in [-0.2, -0.15) is 0 Å². The van der Waals surface area contributed by atoms with Crippen LogP contribution in [0, 0.1) is 5.92 Å². The molecule has 1 N–H and O–H groups in total. The Morgan fingerprint density at radius 3 is 2.58 bits per heavy atom. The maximum absolute atomic E-state index is 5.67. The third-order valence-corrected chi connectivity index (χ3v) is 3.77. The van der Waals surface area contributed by atoms with Crippen molar-refractivity contribution in [1.82, 2.24) is 5.32 Å². The number of halogens is 1. The predicted octanol–water partition coefficient (Wildman–Crippen LogP) is 4.03. The molecule has 0 amide bonds. The summed E-state index contributed by atoms with van der Waals surface area (Å²) in [7, 11) is 2.02. The van der Waals surface area contributed by atoms with E-state index in [-0.39, 0.29) is 0 Å². The fourth-order valence-electron chi connectivity index (χ4n) is 2.12. The number of rotatable bonds is 10. The average molecular weight is 328 g/mol. The highest BCUT2D eigenvalue weighted by atomic mass is 79.9. The van der Waals surface area contributed by atoms with Crippen molar-refractivity contribution in [3.8, 4) is 0 Å². The van der Waals surface area contributed by atoms with Gasteiger partial charge in [-0.1, -0.05) is 41.4 Å². The second-order valence-corrected chi connectivity index (χ2v) is 5.92. The number of nitrogens with one attached hydrogen (secondary N) is 1. The summed E-state index contributed by atoms with van der Waals surface area (Å²) in [5, 5.41) is 3.29. The highest BCUT2D eigenvalue weighted by Gasteiger charge is 2.09. The molecular formula is C16H26BrNO. The Balaban J connectivity index is 2.33. The zero-order valence-corrected chi connectivity index (χ0v) is 13.7. The normalized spacial score (nSPS) is 12.6. The maximum Gasteiger partial charge on any atom is 0.0469 e. The Labute approximate surface area is 126 Å². The van der Waals surface area contributed by atoms with Gasteiger partial charge in [-0.25, -0.2) is 0 Å². The van der Waals surface area contributed by atoms with Crippen molar-refractivity contribution < 1.29 is 4.74 Å². The first-order valence-corrected chi connectivity index (χ1v) is 8.02. The lowest BCUT2D eigenvalue weighted by atomic mass is 9.96. The molecule has 0 saturated heterocycles. The molecule has 0 saturated carbocycles. The summed E-state index contributed by atoms with van der Waals surface area (Å²) in [5.41, 5.74) is 1.40. The molecule has 3 heteroatoms. The molecule has 0 aliphatic heterocycles. The van der Waals surface area contributed by atoms with Crippen LogP contribution in [0.4, 0.5) is 0 Å². The van der Waals surface area contributed by atoms with Crippen molar-refractivity contribution in [2.75, 3.05) is 26.8 Å². The number of hydrogen-bond donors (Lipinski definition) is 1. The Morgan fingerprint density at radius 1 is 1.21 bits per heavy atom. The van der Waals surface area contributed by atoms with E-state index in [2.05, 4.69) is 52.4 Å². The van der Waals surface area contributed by atoms with Gasteiger partial charge in [0.2, 0.25) is 0 Å². The molecule has 0 aromatic heterocycles. The van der Waals surface area contributed by atoms with Crippen LogP contribution in [-0.2, 0) is 11.2 Å². The first kappa shape index (κ1) is 16.7. The van der Waals surface area contributed by atoms with E-state index in [1.54, 1.807) is 0 Å². The molecule has 0 aliphatic carbocycles. The predicted molar refractivity (Wildman–Crippen MR) is 85.6 cm³/mol. The van der Waals surface area contributed by atoms with Crippen LogP contribution < -0.4 is 5.32 Å². The molecule has 1 aromatic carbocycles. The second-order valence-electron chi connectivity index (χ2n) is 5.01. The van der Waals surface area contributed by atoms with Gasteiger partial charge in [-0.3, -0.25) is 0 Å². The summed E-state index contributed by atoms with van der Waals surface area (Å²) < 4.78 is 6.82. The Bertz CT molecular complexity index is 326. The van der Waals surface area contributed by atoms with Gasteiger partial charge in [0.15, 0.2) is 0 Å². The summed E-state index contributed by atoms with van der Waals surface area (Å²) in [6, 6.07) is 8.63. The van der Waals surface area contributed by atoms with E-state index in [4.69, 9.17) is 4.74 Å². The molecule has 0 spiro atoms. The van der Waals surface area contributed by atoms with Gasteiger partial charge in [0.05, 0.1) is 0 Å². The molecule has 1 rings (SSSR count). The van der Waals surface area contributed by atoms with Crippen molar-refractivity contribution in [2.45, 2.75) is 32.6 Å². The standard InChI is InChI=1S/C16H26BrNO/c1-3-4-10-19-11-9-15(13-18-2)12-14-5-7-16(17)8-6-14/h5-8,15,18H,3-4,9-13H2,1-2H3. The second kappa shape index (κ2) is 10.4. The van der Waals surface area contributed by atoms with Crippen molar-refractivity contribution in [3.05, 3.63) is 34.3 Å². The van der Waals surface area contributed by atoms with Crippen LogP contribution in [0.3, 0.4) is 0 Å². The van der Waals surface area contributed by atoms with Gasteiger partial charge in [0, 0.05) is 17.7 Å². The summed E-state index contributed by atoms with van der Waals surface area (Å²) >= 11 is 3.48. The summed E-state index contributed by atoms with van der Waals surface area (Å²) in [4.78, 5) is 0. The molecule has 0 aliphatic rings. The molecular weight excluding hydrogens is 302 g/mol. The highest BCUT2D eigenvalue weighted by Crippen LogP contribution is 2.15. The molecule has 108 valence electrons. The molecule has 0 fully saturated rings. The van der Waals surface area contributed by atoms with Gasteiger partial charge < -0.3 is 10.1 Å². The van der Waals surface area contributed by atoms with Crippen molar-refractivity contribution in [3.63, 3.8) is 0 Å². The van der Waals surface area contributed by atoms with Gasteiger partial charge in [0.1, 0.15) is 0 Å². The van der Waals surface area contributed by atoms with Crippen LogP contribution in [0.5, 0.6) is 0 Å². The minimum absolute atomic E-state index is 0.646. The monoisotopic (exact) mass is 327 g/mol. The van der Waals surface area contributed by atoms with E-state index in [0.29, 0.717) is 5.92 Å². The number of ether oxygens (including phenoxy) is 1. The molecule has 1 aromatic rings. The lowest BCUT2D eigenvalue weighted by molar-refractivity contribution is 0.117. The summed E-state index contributed by atoms with van der Waals surface area (Å²) in [6.07, 6.45) is 4.62. The quantitative estimate of drug-likeness (QED) is 0.655. The zero-order chi connectivity index (χ0) is 13.9. The van der Waals surface area contributed by atoms with E-state index in [9.17, 15) is 0 Å². The van der Waals surface area contributed by atoms with Gasteiger partial charge in [-0.05, 0) is 56.5 Å². The van der Waals surface area contributed by atoms with Gasteiger partial charge >= 0.3 is 0 Å². The van der Waals surface area contributed by atoms with Crippen LogP contribution in [0.2, 0.25) is 0 Å². The Hall–Kier alpha value is -0.380. The first-order chi connectivity index (χ1) is 9.26. The van der Waals surface area contributed by atoms with Gasteiger partial charge in [0.25, 0.3) is 0 Å². The van der Waals surface area contributed by atoms with Crippen LogP contribution in [0.25, 0.3) is 0 Å². The SMILES string of the molecule is CCCCOCCC(CNC)Cc1ccc(Br)cc1. The maximum atomic E-state index is 5.67. The largest absolute Gasteiger partial charge is 0.381 e. The van der Waals surface area contributed by atoms with E-state index < -0.39 is 0 Å². The van der Waals surface area contributed by atoms with Crippen molar-refractivity contribution in [1.29, 1.82) is 0 Å². The first-order valence-electron chi connectivity index (χ1n) is 7.23. The number of unbranched alkanes of at least 4 members (excludes halogenated alkanes) is 1. The fraction of sp³-hybridized carbons (Fsp3) is 0.625. The number of benzene rings is 1. The molecule has 0 radical (unpaired) electrons. The summed E-state index contributed by atoms with van der Waals surface area (Å²) in [6.45, 7) is 5.03. The Kier molecular flexibility index (Phi) is 9.14. The van der Waals surface area contributed by atoms with Crippen molar-refractivity contribution >= 4 is 15.9 Å². The third kappa shape index (κ3) is 7.71. The minimum Gasteiger partial charge on any atom is -0.381 e. The summed E-state index contributed by atoms with van der Waals surface area (Å²) in [5.74, 6) is 0.646. The molecule has 0 heterocycles. The molecule has 2 nitrogen and oxygen atoms in total. The number of hydrogen-bond acceptors (Lipinski definition) is 2. The van der Waals surface area contributed by atoms with Crippen LogP contribution in [-0.4, -0.2) is 26.8 Å². The van der Waals surface area contributed by atoms with Gasteiger partial charge in [-0.15, -0.1) is 0 Å². The lowest BCUT2D eigenvalue weighted by Crippen LogP contribution is -2.22. The van der Waals surface area contributed by atoms with E-state index in [0.717, 1.165) is 37.1 Å².